The smallest absolute Gasteiger partial charge is 0.119 e. The average molecular weight is 387 g/mol. The molecule has 0 N–H and O–H groups in total. The Morgan fingerprint density at radius 2 is 1.64 bits per heavy atom. The molecule has 0 saturated carbocycles. The van der Waals surface area contributed by atoms with Crippen molar-refractivity contribution in [3.63, 3.8) is 0 Å². The molecule has 1 aromatic rings. The molecule has 1 atom stereocenters. The molecule has 0 aromatic heterocycles. The molecule has 1 aromatic carbocycles. The fourth-order valence-corrected chi connectivity index (χ4v) is 4.73. The second-order valence-electron chi connectivity index (χ2n) is 9.03. The minimum atomic E-state index is 0.386. The van der Waals surface area contributed by atoms with E-state index in [1.54, 1.807) is 0 Å². The van der Waals surface area contributed by atoms with E-state index >= 15 is 0 Å². The van der Waals surface area contributed by atoms with Gasteiger partial charge in [-0.25, -0.2) is 0 Å². The maximum absolute atomic E-state index is 6.30. The van der Waals surface area contributed by atoms with Crippen molar-refractivity contribution in [3.8, 4) is 5.75 Å². The molecule has 2 fully saturated rings. The largest absolute Gasteiger partial charge is 0.490 e. The number of benzene rings is 1. The monoisotopic (exact) mass is 386 g/mol. The topological polar surface area (TPSA) is 15.7 Å². The molecule has 158 valence electrons. The van der Waals surface area contributed by atoms with Crippen molar-refractivity contribution in [2.75, 3.05) is 26.2 Å². The Bertz CT molecular complexity index is 530. The SMILES string of the molecule is CCCCCCC(C)N1CCC(Oc2ccc(CN3CCCCC3)cc2)CC1. The predicted molar refractivity (Wildman–Crippen MR) is 119 cm³/mol. The van der Waals surface area contributed by atoms with E-state index in [-0.39, 0.29) is 0 Å². The van der Waals surface area contributed by atoms with Gasteiger partial charge in [-0.3, -0.25) is 4.90 Å². The van der Waals surface area contributed by atoms with E-state index in [9.17, 15) is 0 Å². The molecule has 2 saturated heterocycles. The van der Waals surface area contributed by atoms with Crippen LogP contribution in [0.3, 0.4) is 0 Å². The molecule has 2 aliphatic heterocycles. The van der Waals surface area contributed by atoms with E-state index in [0.29, 0.717) is 6.10 Å². The Kier molecular flexibility index (Phi) is 9.14. The molecule has 3 nitrogen and oxygen atoms in total. The number of nitrogens with zero attached hydrogens (tertiary/aromatic N) is 2. The van der Waals surface area contributed by atoms with Gasteiger partial charge in [0.05, 0.1) is 0 Å². The van der Waals surface area contributed by atoms with Crippen LogP contribution in [0, 0.1) is 0 Å². The number of unbranched alkanes of at least 4 members (excludes halogenated alkanes) is 3. The quantitative estimate of drug-likeness (QED) is 0.467. The number of piperidine rings is 2. The minimum absolute atomic E-state index is 0.386. The summed E-state index contributed by atoms with van der Waals surface area (Å²) in [6, 6.07) is 9.62. The molecule has 3 heteroatoms. The second kappa shape index (κ2) is 11.8. The van der Waals surface area contributed by atoms with Crippen molar-refractivity contribution < 1.29 is 4.74 Å². The third kappa shape index (κ3) is 7.08. The Balaban J connectivity index is 1.36. The van der Waals surface area contributed by atoms with Gasteiger partial charge < -0.3 is 9.64 Å². The van der Waals surface area contributed by atoms with E-state index in [4.69, 9.17) is 4.74 Å². The zero-order valence-electron chi connectivity index (χ0n) is 18.4. The molecule has 28 heavy (non-hydrogen) atoms. The maximum atomic E-state index is 6.30. The molecule has 0 aliphatic carbocycles. The highest BCUT2D eigenvalue weighted by molar-refractivity contribution is 5.27. The van der Waals surface area contributed by atoms with Crippen LogP contribution in [0.4, 0.5) is 0 Å². The van der Waals surface area contributed by atoms with E-state index < -0.39 is 0 Å². The average Bonchev–Trinajstić information content (AvgIpc) is 2.74. The lowest BCUT2D eigenvalue weighted by Crippen LogP contribution is -2.42. The molecular formula is C25H42N2O. The van der Waals surface area contributed by atoms with Gasteiger partial charge in [0.25, 0.3) is 0 Å². The zero-order chi connectivity index (χ0) is 19.6. The first kappa shape index (κ1) is 21.6. The molecule has 2 aliphatic rings. The summed E-state index contributed by atoms with van der Waals surface area (Å²) in [6.45, 7) is 10.7. The minimum Gasteiger partial charge on any atom is -0.490 e. The molecule has 0 spiro atoms. The zero-order valence-corrected chi connectivity index (χ0v) is 18.4. The summed E-state index contributed by atoms with van der Waals surface area (Å²) in [6.07, 6.45) is 13.7. The summed E-state index contributed by atoms with van der Waals surface area (Å²) in [5, 5.41) is 0. The summed E-state index contributed by atoms with van der Waals surface area (Å²) in [5.41, 5.74) is 1.42. The Labute approximate surface area is 173 Å². The van der Waals surface area contributed by atoms with E-state index in [2.05, 4.69) is 47.9 Å². The van der Waals surface area contributed by atoms with Crippen LogP contribution in [0.2, 0.25) is 0 Å². The lowest BCUT2D eigenvalue weighted by molar-refractivity contribution is 0.0767. The van der Waals surface area contributed by atoms with Gasteiger partial charge in [0.15, 0.2) is 0 Å². The van der Waals surface area contributed by atoms with Crippen LogP contribution in [-0.4, -0.2) is 48.1 Å². The van der Waals surface area contributed by atoms with E-state index in [0.717, 1.165) is 31.2 Å². The van der Waals surface area contributed by atoms with Crippen molar-refractivity contribution in [1.82, 2.24) is 9.80 Å². The molecule has 2 heterocycles. The third-order valence-electron chi connectivity index (χ3n) is 6.66. The van der Waals surface area contributed by atoms with Crippen LogP contribution < -0.4 is 4.74 Å². The molecule has 0 radical (unpaired) electrons. The van der Waals surface area contributed by atoms with Crippen molar-refractivity contribution in [2.45, 2.75) is 96.7 Å². The number of ether oxygens (including phenoxy) is 1. The summed E-state index contributed by atoms with van der Waals surface area (Å²) >= 11 is 0. The van der Waals surface area contributed by atoms with Crippen LogP contribution in [-0.2, 0) is 6.54 Å². The second-order valence-corrected chi connectivity index (χ2v) is 9.03. The lowest BCUT2D eigenvalue weighted by atomic mass is 10.0. The fraction of sp³-hybridized carbons (Fsp3) is 0.760. The fourth-order valence-electron chi connectivity index (χ4n) is 4.73. The highest BCUT2D eigenvalue weighted by Crippen LogP contribution is 2.23. The van der Waals surface area contributed by atoms with E-state index in [1.807, 2.05) is 0 Å². The summed E-state index contributed by atoms with van der Waals surface area (Å²) in [5.74, 6) is 1.05. The first-order valence-corrected chi connectivity index (χ1v) is 12.0. The molecular weight excluding hydrogens is 344 g/mol. The van der Waals surface area contributed by atoms with Crippen molar-refractivity contribution >= 4 is 0 Å². The summed E-state index contributed by atoms with van der Waals surface area (Å²) in [7, 11) is 0. The summed E-state index contributed by atoms with van der Waals surface area (Å²) < 4.78 is 6.30. The molecule has 0 bridgehead atoms. The van der Waals surface area contributed by atoms with Gasteiger partial charge in [-0.05, 0) is 69.8 Å². The van der Waals surface area contributed by atoms with Gasteiger partial charge in [0, 0.05) is 25.7 Å². The van der Waals surface area contributed by atoms with E-state index in [1.165, 1.54) is 83.1 Å². The third-order valence-corrected chi connectivity index (χ3v) is 6.66. The maximum Gasteiger partial charge on any atom is 0.119 e. The first-order chi connectivity index (χ1) is 13.7. The number of hydrogen-bond donors (Lipinski definition) is 0. The Morgan fingerprint density at radius 1 is 0.929 bits per heavy atom. The molecule has 0 amide bonds. The highest BCUT2D eigenvalue weighted by Gasteiger charge is 2.23. The Hall–Kier alpha value is -1.06. The number of likely N-dealkylation sites (tertiary alicyclic amines) is 2. The van der Waals surface area contributed by atoms with Gasteiger partial charge in [0.2, 0.25) is 0 Å². The van der Waals surface area contributed by atoms with Crippen LogP contribution in [0.15, 0.2) is 24.3 Å². The molecule has 1 unspecified atom stereocenters. The van der Waals surface area contributed by atoms with Crippen molar-refractivity contribution in [2.24, 2.45) is 0 Å². The number of rotatable bonds is 10. The van der Waals surface area contributed by atoms with Crippen molar-refractivity contribution in [1.29, 1.82) is 0 Å². The predicted octanol–water partition coefficient (Wildman–Crippen LogP) is 5.87. The van der Waals surface area contributed by atoms with Gasteiger partial charge in [0.1, 0.15) is 11.9 Å². The molecule has 3 rings (SSSR count). The van der Waals surface area contributed by atoms with Gasteiger partial charge in [-0.1, -0.05) is 51.2 Å². The van der Waals surface area contributed by atoms with Crippen molar-refractivity contribution in [3.05, 3.63) is 29.8 Å². The standard InChI is InChI=1S/C25H42N2O/c1-3-4-5-7-10-22(2)27-19-15-25(16-20-27)28-24-13-11-23(12-14-24)21-26-17-8-6-9-18-26/h11-14,22,25H,3-10,15-21H2,1-2H3. The van der Waals surface area contributed by atoms with Gasteiger partial charge in [-0.15, -0.1) is 0 Å². The van der Waals surface area contributed by atoms with Crippen LogP contribution in [0.5, 0.6) is 5.75 Å². The normalized spacial score (nSPS) is 20.9. The highest BCUT2D eigenvalue weighted by atomic mass is 16.5. The van der Waals surface area contributed by atoms with Crippen LogP contribution in [0.1, 0.15) is 83.6 Å². The van der Waals surface area contributed by atoms with Crippen LogP contribution >= 0.6 is 0 Å². The first-order valence-electron chi connectivity index (χ1n) is 12.0. The number of hydrogen-bond acceptors (Lipinski definition) is 3. The summed E-state index contributed by atoms with van der Waals surface area (Å²) in [4.78, 5) is 5.26. The Morgan fingerprint density at radius 3 is 2.32 bits per heavy atom. The van der Waals surface area contributed by atoms with Gasteiger partial charge in [-0.2, -0.15) is 0 Å². The van der Waals surface area contributed by atoms with Crippen LogP contribution in [0.25, 0.3) is 0 Å². The van der Waals surface area contributed by atoms with Gasteiger partial charge >= 0.3 is 0 Å². The lowest BCUT2D eigenvalue weighted by Gasteiger charge is -2.36.